The van der Waals surface area contributed by atoms with Crippen LogP contribution in [0.2, 0.25) is 5.02 Å². The number of carbonyl (C=O) groups excluding carboxylic acids is 2. The summed E-state index contributed by atoms with van der Waals surface area (Å²) in [5.74, 6) is 0.741. The smallest absolute Gasteiger partial charge is 0.331 e. The molecule has 0 aliphatic carbocycles. The average Bonchev–Trinajstić information content (AvgIpc) is 3.61. The van der Waals surface area contributed by atoms with Gasteiger partial charge in [0, 0.05) is 17.5 Å². The standard InChI is InChI=1S/C25H19ClN2O6/c26-18-7-5-17(6-8-18)19-13-20(21-2-1-11-31-21)28(27-19)24(29)14-32-25(30)10-4-16-3-9-22-23(12-16)34-15-33-22/h1-12,20H,13-15H2/b10-4+. The minimum atomic E-state index is -0.651. The largest absolute Gasteiger partial charge is 0.467 e. The number of hydrogen-bond donors (Lipinski definition) is 0. The molecule has 0 bridgehead atoms. The van der Waals surface area contributed by atoms with E-state index in [1.165, 1.54) is 11.1 Å². The van der Waals surface area contributed by atoms with Crippen LogP contribution in [0.1, 0.15) is 29.3 Å². The summed E-state index contributed by atoms with van der Waals surface area (Å²) in [7, 11) is 0. The van der Waals surface area contributed by atoms with Gasteiger partial charge in [-0.3, -0.25) is 4.79 Å². The fraction of sp³-hybridized carbons (Fsp3) is 0.160. The van der Waals surface area contributed by atoms with Crippen molar-refractivity contribution in [2.24, 2.45) is 5.10 Å². The fourth-order valence-corrected chi connectivity index (χ4v) is 3.81. The third-order valence-electron chi connectivity index (χ3n) is 5.36. The molecule has 3 heterocycles. The Kier molecular flexibility index (Phi) is 6.05. The maximum Gasteiger partial charge on any atom is 0.331 e. The Labute approximate surface area is 200 Å². The summed E-state index contributed by atoms with van der Waals surface area (Å²) in [5, 5.41) is 6.41. The molecule has 1 amide bonds. The van der Waals surface area contributed by atoms with Gasteiger partial charge >= 0.3 is 5.97 Å². The molecule has 1 unspecified atom stereocenters. The van der Waals surface area contributed by atoms with Gasteiger partial charge in [-0.25, -0.2) is 9.80 Å². The highest BCUT2D eigenvalue weighted by Gasteiger charge is 2.35. The second-order valence-electron chi connectivity index (χ2n) is 7.58. The van der Waals surface area contributed by atoms with E-state index in [-0.39, 0.29) is 6.79 Å². The zero-order valence-electron chi connectivity index (χ0n) is 17.8. The number of esters is 1. The van der Waals surface area contributed by atoms with Crippen molar-refractivity contribution >= 4 is 35.3 Å². The molecule has 2 aliphatic rings. The van der Waals surface area contributed by atoms with Crippen LogP contribution in [0.3, 0.4) is 0 Å². The predicted molar refractivity (Wildman–Crippen MR) is 123 cm³/mol. The Morgan fingerprint density at radius 3 is 2.74 bits per heavy atom. The van der Waals surface area contributed by atoms with Gasteiger partial charge in [-0.2, -0.15) is 5.10 Å². The highest BCUT2D eigenvalue weighted by molar-refractivity contribution is 6.30. The van der Waals surface area contributed by atoms with Crippen LogP contribution in [0.25, 0.3) is 6.08 Å². The van der Waals surface area contributed by atoms with Crippen molar-refractivity contribution in [2.75, 3.05) is 13.4 Å². The van der Waals surface area contributed by atoms with E-state index in [1.807, 2.05) is 12.1 Å². The molecule has 1 atom stereocenters. The van der Waals surface area contributed by atoms with Crippen molar-refractivity contribution in [3.63, 3.8) is 0 Å². The minimum absolute atomic E-state index is 0.171. The van der Waals surface area contributed by atoms with Gasteiger partial charge in [0.2, 0.25) is 6.79 Å². The van der Waals surface area contributed by atoms with E-state index >= 15 is 0 Å². The lowest BCUT2D eigenvalue weighted by Gasteiger charge is -2.19. The number of rotatable bonds is 6. The maximum atomic E-state index is 12.9. The Hall–Kier alpha value is -4.04. The molecule has 8 nitrogen and oxygen atoms in total. The summed E-state index contributed by atoms with van der Waals surface area (Å²) < 4.78 is 21.3. The summed E-state index contributed by atoms with van der Waals surface area (Å²) >= 11 is 5.98. The van der Waals surface area contributed by atoms with Gasteiger partial charge in [0.15, 0.2) is 18.1 Å². The summed E-state index contributed by atoms with van der Waals surface area (Å²) in [6, 6.07) is 15.6. The van der Waals surface area contributed by atoms with E-state index in [9.17, 15) is 9.59 Å². The van der Waals surface area contributed by atoms with E-state index < -0.39 is 24.5 Å². The van der Waals surface area contributed by atoms with Crippen molar-refractivity contribution in [1.29, 1.82) is 0 Å². The SMILES string of the molecule is O=C(/C=C/c1ccc2c(c1)OCO2)OCC(=O)N1N=C(c2ccc(Cl)cc2)CC1c1ccco1. The first-order chi connectivity index (χ1) is 16.6. The van der Waals surface area contributed by atoms with E-state index in [4.69, 9.17) is 30.2 Å². The molecular weight excluding hydrogens is 460 g/mol. The van der Waals surface area contributed by atoms with Crippen molar-refractivity contribution in [2.45, 2.75) is 12.5 Å². The van der Waals surface area contributed by atoms with Crippen molar-refractivity contribution in [3.8, 4) is 11.5 Å². The lowest BCUT2D eigenvalue weighted by Crippen LogP contribution is -2.31. The van der Waals surface area contributed by atoms with Crippen molar-refractivity contribution in [1.82, 2.24) is 5.01 Å². The van der Waals surface area contributed by atoms with E-state index in [0.717, 1.165) is 11.1 Å². The van der Waals surface area contributed by atoms with E-state index in [2.05, 4.69) is 5.10 Å². The number of carbonyl (C=O) groups is 2. The summed E-state index contributed by atoms with van der Waals surface area (Å²) in [4.78, 5) is 25.1. The van der Waals surface area contributed by atoms with Crippen LogP contribution in [0, 0.1) is 0 Å². The molecule has 0 N–H and O–H groups in total. The zero-order chi connectivity index (χ0) is 23.5. The van der Waals surface area contributed by atoms with Gasteiger partial charge in [-0.15, -0.1) is 0 Å². The first-order valence-electron chi connectivity index (χ1n) is 10.5. The van der Waals surface area contributed by atoms with Gasteiger partial charge in [-0.05, 0) is 53.6 Å². The third-order valence-corrected chi connectivity index (χ3v) is 5.61. The molecule has 5 rings (SSSR count). The molecule has 0 saturated heterocycles. The molecule has 9 heteroatoms. The van der Waals surface area contributed by atoms with Gasteiger partial charge < -0.3 is 18.6 Å². The number of furan rings is 1. The molecule has 0 radical (unpaired) electrons. The normalized spacial score (nSPS) is 16.7. The molecule has 3 aromatic rings. The number of fused-ring (bicyclic) bond motifs is 1. The van der Waals surface area contributed by atoms with Crippen LogP contribution < -0.4 is 9.47 Å². The van der Waals surface area contributed by atoms with Gasteiger partial charge in [0.1, 0.15) is 11.8 Å². The fourth-order valence-electron chi connectivity index (χ4n) is 3.69. The number of amides is 1. The number of halogens is 1. The molecule has 1 aromatic heterocycles. The lowest BCUT2D eigenvalue weighted by molar-refractivity contribution is -0.149. The van der Waals surface area contributed by atoms with Crippen LogP contribution in [0.4, 0.5) is 0 Å². The topological polar surface area (TPSA) is 90.6 Å². The molecule has 2 aromatic carbocycles. The quantitative estimate of drug-likeness (QED) is 0.380. The van der Waals surface area contributed by atoms with Crippen LogP contribution in [0.5, 0.6) is 11.5 Å². The highest BCUT2D eigenvalue weighted by Crippen LogP contribution is 2.34. The number of ether oxygens (including phenoxy) is 3. The minimum Gasteiger partial charge on any atom is -0.467 e. The van der Waals surface area contributed by atoms with Crippen LogP contribution in [-0.2, 0) is 14.3 Å². The van der Waals surface area contributed by atoms with Crippen molar-refractivity contribution in [3.05, 3.63) is 88.8 Å². The summed E-state index contributed by atoms with van der Waals surface area (Å²) in [5.41, 5.74) is 2.29. The van der Waals surface area contributed by atoms with Crippen LogP contribution in [0.15, 0.2) is 76.5 Å². The molecule has 34 heavy (non-hydrogen) atoms. The van der Waals surface area contributed by atoms with Gasteiger partial charge in [-0.1, -0.05) is 29.8 Å². The first-order valence-corrected chi connectivity index (χ1v) is 10.9. The highest BCUT2D eigenvalue weighted by atomic mass is 35.5. The van der Waals surface area contributed by atoms with Gasteiger partial charge in [0.25, 0.3) is 5.91 Å². The number of hydrogen-bond acceptors (Lipinski definition) is 7. The number of benzene rings is 2. The maximum absolute atomic E-state index is 12.9. The first kappa shape index (κ1) is 21.8. The summed E-state index contributed by atoms with van der Waals surface area (Å²) in [6.45, 7) is -0.288. The third kappa shape index (κ3) is 4.67. The zero-order valence-corrected chi connectivity index (χ0v) is 18.6. The molecular formula is C25H19ClN2O6. The average molecular weight is 479 g/mol. The Bertz CT molecular complexity index is 1270. The molecule has 0 fully saturated rings. The molecule has 2 aliphatic heterocycles. The van der Waals surface area contributed by atoms with Crippen molar-refractivity contribution < 1.29 is 28.2 Å². The van der Waals surface area contributed by atoms with Gasteiger partial charge in [0.05, 0.1) is 12.0 Å². The molecule has 172 valence electrons. The number of nitrogens with zero attached hydrogens (tertiary/aromatic N) is 2. The second-order valence-corrected chi connectivity index (χ2v) is 8.02. The Morgan fingerprint density at radius 2 is 1.94 bits per heavy atom. The molecule has 0 saturated carbocycles. The Morgan fingerprint density at radius 1 is 1.12 bits per heavy atom. The van der Waals surface area contributed by atoms with Crippen LogP contribution in [-0.4, -0.2) is 36.0 Å². The lowest BCUT2D eigenvalue weighted by atomic mass is 10.0. The summed E-state index contributed by atoms with van der Waals surface area (Å²) in [6.07, 6.45) is 4.83. The number of hydrazone groups is 1. The van der Waals surface area contributed by atoms with E-state index in [0.29, 0.717) is 34.4 Å². The van der Waals surface area contributed by atoms with E-state index in [1.54, 1.807) is 54.8 Å². The predicted octanol–water partition coefficient (Wildman–Crippen LogP) is 4.60. The second kappa shape index (κ2) is 9.44. The molecule has 0 spiro atoms. The monoisotopic (exact) mass is 478 g/mol. The van der Waals surface area contributed by atoms with Crippen LogP contribution >= 0.6 is 11.6 Å². The Balaban J connectivity index is 1.25.